The summed E-state index contributed by atoms with van der Waals surface area (Å²) in [4.78, 5) is 21.3. The van der Waals surface area contributed by atoms with Crippen LogP contribution in [0.4, 0.5) is 14.5 Å². The van der Waals surface area contributed by atoms with Crippen molar-refractivity contribution in [1.82, 2.24) is 14.8 Å². The SMILES string of the molecule is CC(C)(C)c1csc(CN2CCN(CC(=O)Nc3ccc(F)cc3F)CC2)n1. The summed E-state index contributed by atoms with van der Waals surface area (Å²) in [6.07, 6.45) is 0. The molecular formula is C20H26F2N4OS. The van der Waals surface area contributed by atoms with Gasteiger partial charge < -0.3 is 5.32 Å². The Morgan fingerprint density at radius 1 is 1.18 bits per heavy atom. The number of hydrogen-bond donors (Lipinski definition) is 1. The highest BCUT2D eigenvalue weighted by atomic mass is 32.1. The average Bonchev–Trinajstić information content (AvgIpc) is 3.08. The van der Waals surface area contributed by atoms with Crippen LogP contribution < -0.4 is 5.32 Å². The highest BCUT2D eigenvalue weighted by molar-refractivity contribution is 7.09. The Morgan fingerprint density at radius 3 is 2.46 bits per heavy atom. The monoisotopic (exact) mass is 408 g/mol. The van der Waals surface area contributed by atoms with Gasteiger partial charge in [0.05, 0.1) is 24.5 Å². The second kappa shape index (κ2) is 8.63. The molecule has 2 aromatic rings. The van der Waals surface area contributed by atoms with Gasteiger partial charge in [-0.05, 0) is 12.1 Å². The second-order valence-electron chi connectivity index (χ2n) is 8.10. The van der Waals surface area contributed by atoms with Gasteiger partial charge in [-0.3, -0.25) is 14.6 Å². The zero-order valence-electron chi connectivity index (χ0n) is 16.5. The fraction of sp³-hybridized carbons (Fsp3) is 0.500. The molecule has 2 heterocycles. The van der Waals surface area contributed by atoms with Crippen molar-refractivity contribution in [3.05, 3.63) is 45.9 Å². The maximum atomic E-state index is 13.6. The minimum absolute atomic E-state index is 0.00320. The summed E-state index contributed by atoms with van der Waals surface area (Å²) in [5.74, 6) is -1.73. The first-order chi connectivity index (χ1) is 13.2. The molecule has 0 bridgehead atoms. The Hall–Kier alpha value is -1.90. The zero-order chi connectivity index (χ0) is 20.3. The first-order valence-electron chi connectivity index (χ1n) is 9.35. The van der Waals surface area contributed by atoms with Gasteiger partial charge in [0.2, 0.25) is 5.91 Å². The van der Waals surface area contributed by atoms with E-state index < -0.39 is 11.6 Å². The van der Waals surface area contributed by atoms with Gasteiger partial charge in [0.1, 0.15) is 16.6 Å². The van der Waals surface area contributed by atoms with Gasteiger partial charge >= 0.3 is 0 Å². The number of carbonyl (C=O) groups excluding carboxylic acids is 1. The number of nitrogens with one attached hydrogen (secondary N) is 1. The number of nitrogens with zero attached hydrogens (tertiary/aromatic N) is 3. The van der Waals surface area contributed by atoms with E-state index in [1.165, 1.54) is 6.07 Å². The van der Waals surface area contributed by atoms with Crippen LogP contribution in [0.2, 0.25) is 0 Å². The smallest absolute Gasteiger partial charge is 0.238 e. The van der Waals surface area contributed by atoms with Crippen LogP contribution in [0.3, 0.4) is 0 Å². The molecular weight excluding hydrogens is 382 g/mol. The number of anilines is 1. The number of hydrogen-bond acceptors (Lipinski definition) is 5. The summed E-state index contributed by atoms with van der Waals surface area (Å²) >= 11 is 1.69. The van der Waals surface area contributed by atoms with Crippen LogP contribution in [0.1, 0.15) is 31.5 Å². The van der Waals surface area contributed by atoms with Crippen molar-refractivity contribution >= 4 is 22.9 Å². The van der Waals surface area contributed by atoms with Crippen molar-refractivity contribution in [3.63, 3.8) is 0 Å². The van der Waals surface area contributed by atoms with Gasteiger partial charge in [-0.2, -0.15) is 0 Å². The highest BCUT2D eigenvalue weighted by Crippen LogP contribution is 2.24. The summed E-state index contributed by atoms with van der Waals surface area (Å²) in [7, 11) is 0. The molecule has 0 unspecified atom stereocenters. The Morgan fingerprint density at radius 2 is 1.86 bits per heavy atom. The number of amides is 1. The van der Waals surface area contributed by atoms with Crippen LogP contribution in [-0.2, 0) is 16.8 Å². The summed E-state index contributed by atoms with van der Waals surface area (Å²) in [5.41, 5.74) is 1.18. The van der Waals surface area contributed by atoms with E-state index in [1.54, 1.807) is 11.3 Å². The number of halogens is 2. The normalized spacial score (nSPS) is 16.3. The molecule has 0 radical (unpaired) electrons. The van der Waals surface area contributed by atoms with E-state index >= 15 is 0 Å². The lowest BCUT2D eigenvalue weighted by Gasteiger charge is -2.33. The summed E-state index contributed by atoms with van der Waals surface area (Å²) in [5, 5.41) is 5.75. The molecule has 1 amide bonds. The van der Waals surface area contributed by atoms with E-state index in [2.05, 4.69) is 36.4 Å². The molecule has 8 heteroatoms. The fourth-order valence-corrected chi connectivity index (χ4v) is 4.07. The van der Waals surface area contributed by atoms with Crippen LogP contribution in [0.5, 0.6) is 0 Å². The van der Waals surface area contributed by atoms with Gasteiger partial charge in [0, 0.05) is 43.0 Å². The molecule has 3 rings (SSSR count). The van der Waals surface area contributed by atoms with E-state index in [1.807, 2.05) is 4.90 Å². The predicted octanol–water partition coefficient (Wildman–Crippen LogP) is 3.48. The first-order valence-corrected chi connectivity index (χ1v) is 10.2. The topological polar surface area (TPSA) is 48.5 Å². The lowest BCUT2D eigenvalue weighted by atomic mass is 9.93. The molecule has 0 spiro atoms. The van der Waals surface area contributed by atoms with Crippen molar-refractivity contribution in [2.24, 2.45) is 0 Å². The third-order valence-corrected chi connectivity index (χ3v) is 5.55. The molecule has 0 aliphatic carbocycles. The summed E-state index contributed by atoms with van der Waals surface area (Å²) in [6.45, 7) is 10.7. The zero-order valence-corrected chi connectivity index (χ0v) is 17.3. The summed E-state index contributed by atoms with van der Waals surface area (Å²) in [6, 6.07) is 3.12. The minimum atomic E-state index is -0.767. The maximum Gasteiger partial charge on any atom is 0.238 e. The van der Waals surface area contributed by atoms with Gasteiger partial charge in [-0.1, -0.05) is 20.8 Å². The minimum Gasteiger partial charge on any atom is -0.322 e. The van der Waals surface area contributed by atoms with Crippen molar-refractivity contribution in [3.8, 4) is 0 Å². The van der Waals surface area contributed by atoms with E-state index in [4.69, 9.17) is 4.98 Å². The van der Waals surface area contributed by atoms with Gasteiger partial charge in [0.15, 0.2) is 0 Å². The van der Waals surface area contributed by atoms with Gasteiger partial charge in [-0.15, -0.1) is 11.3 Å². The van der Waals surface area contributed by atoms with Crippen LogP contribution >= 0.6 is 11.3 Å². The number of rotatable bonds is 5. The molecule has 0 atom stereocenters. The Bertz CT molecular complexity index is 826. The standard InChI is InChI=1S/C20H26F2N4OS/c1-20(2,3)17-13-28-19(24-17)12-26-8-6-25(7-9-26)11-18(27)23-16-5-4-14(21)10-15(16)22/h4-5,10,13H,6-9,11-12H2,1-3H3,(H,23,27). The first kappa shape index (κ1) is 20.8. The van der Waals surface area contributed by atoms with Crippen molar-refractivity contribution in [2.45, 2.75) is 32.7 Å². The molecule has 1 saturated heterocycles. The fourth-order valence-electron chi connectivity index (χ4n) is 3.01. The molecule has 1 N–H and O–H groups in total. The van der Waals surface area contributed by atoms with Crippen molar-refractivity contribution < 1.29 is 13.6 Å². The Kier molecular flexibility index (Phi) is 6.42. The molecule has 5 nitrogen and oxygen atoms in total. The summed E-state index contributed by atoms with van der Waals surface area (Å²) < 4.78 is 26.6. The van der Waals surface area contributed by atoms with Crippen LogP contribution in [0.25, 0.3) is 0 Å². The third kappa shape index (κ3) is 5.56. The van der Waals surface area contributed by atoms with E-state index in [9.17, 15) is 13.6 Å². The molecule has 1 aromatic carbocycles. The average molecular weight is 409 g/mol. The maximum absolute atomic E-state index is 13.6. The van der Waals surface area contributed by atoms with Gasteiger partial charge in [-0.25, -0.2) is 13.8 Å². The molecule has 1 aromatic heterocycles. The number of carbonyl (C=O) groups is 1. The second-order valence-corrected chi connectivity index (χ2v) is 9.04. The van der Waals surface area contributed by atoms with Crippen LogP contribution in [-0.4, -0.2) is 53.4 Å². The van der Waals surface area contributed by atoms with Crippen LogP contribution in [0, 0.1) is 11.6 Å². The van der Waals surface area contributed by atoms with E-state index in [-0.39, 0.29) is 23.6 Å². The van der Waals surface area contributed by atoms with E-state index in [0.29, 0.717) is 0 Å². The molecule has 1 aliphatic heterocycles. The van der Waals surface area contributed by atoms with Crippen LogP contribution in [0.15, 0.2) is 23.6 Å². The molecule has 1 fully saturated rings. The Balaban J connectivity index is 1.45. The Labute approximate surface area is 168 Å². The number of thiazole rings is 1. The third-order valence-electron chi connectivity index (χ3n) is 4.72. The molecule has 0 saturated carbocycles. The molecule has 1 aliphatic rings. The van der Waals surface area contributed by atoms with E-state index in [0.717, 1.165) is 55.6 Å². The number of piperazine rings is 1. The van der Waals surface area contributed by atoms with Crippen molar-refractivity contribution in [1.29, 1.82) is 0 Å². The number of aromatic nitrogens is 1. The van der Waals surface area contributed by atoms with Gasteiger partial charge in [0.25, 0.3) is 0 Å². The largest absolute Gasteiger partial charge is 0.322 e. The quantitative estimate of drug-likeness (QED) is 0.823. The van der Waals surface area contributed by atoms with Crippen molar-refractivity contribution in [2.75, 3.05) is 38.0 Å². The lowest BCUT2D eigenvalue weighted by molar-refractivity contribution is -0.117. The predicted molar refractivity (Wildman–Crippen MR) is 108 cm³/mol. The highest BCUT2D eigenvalue weighted by Gasteiger charge is 2.22. The number of benzene rings is 1. The lowest BCUT2D eigenvalue weighted by Crippen LogP contribution is -2.48. The molecule has 28 heavy (non-hydrogen) atoms. The molecule has 152 valence electrons.